The normalized spacial score (nSPS) is 9.57. The molecule has 0 atom stereocenters. The van der Waals surface area contributed by atoms with Crippen molar-refractivity contribution in [1.82, 2.24) is 0 Å². The van der Waals surface area contributed by atoms with Crippen LogP contribution in [0.2, 0.25) is 0 Å². The van der Waals surface area contributed by atoms with Crippen LogP contribution in [-0.4, -0.2) is 47.3 Å². The fourth-order valence-corrected chi connectivity index (χ4v) is 5.06. The number of phenolic OH excluding ortho intramolecular Hbond substituents is 2. The number of benzene rings is 5. The molecule has 0 aliphatic carbocycles. The quantitative estimate of drug-likeness (QED) is 0.0405. The maximum absolute atomic E-state index is 12.2. The third-order valence-electron chi connectivity index (χ3n) is 8.12. The van der Waals surface area contributed by atoms with Crippen LogP contribution >= 0.6 is 37.2 Å². The van der Waals surface area contributed by atoms with E-state index < -0.39 is 0 Å². The Morgan fingerprint density at radius 1 is 0.557 bits per heavy atom. The van der Waals surface area contributed by atoms with E-state index in [9.17, 15) is 24.6 Å². The van der Waals surface area contributed by atoms with E-state index in [0.717, 1.165) is 22.3 Å². The Morgan fingerprint density at radius 3 is 1.44 bits per heavy atom. The zero-order valence-corrected chi connectivity index (χ0v) is 70.3. The SMILES string of the molecule is CC(=O)c1cc(CO)ccc1O.II.O=C(/C=C/c1ccc(CO)cc1)c1cc(CO)ccc1O.O=c1cc(-c2ccc(CO)cc2)oc2ccc(CO)cc12.[Sg].[Sg].[Sg].[Sg].[Sg]. The minimum atomic E-state index is -0.339. The number of rotatable bonds is 10. The first-order chi connectivity index (χ1) is 27.0. The zero-order valence-electron chi connectivity index (χ0n) is 33.6. The number of ketones is 2. The van der Waals surface area contributed by atoms with E-state index >= 15 is 0 Å². The van der Waals surface area contributed by atoms with Crippen LogP contribution in [0.5, 0.6) is 11.5 Å². The van der Waals surface area contributed by atoms with Crippen molar-refractivity contribution in [2.45, 2.75) is 40.0 Å². The molecule has 6 rings (SSSR count). The molecule has 6 aromatic rings. The van der Waals surface area contributed by atoms with Gasteiger partial charge in [0.1, 0.15) is 22.8 Å². The third kappa shape index (κ3) is 15.0. The van der Waals surface area contributed by atoms with Crippen LogP contribution < -0.4 is 5.43 Å². The standard InChI is InChI=1S/C17H14O4.C17H16O4.C9H10O3.I2.5Sg/c18-9-11-1-4-13(5-2-11)17-8-15(20)14-7-12(10-19)3-6-16(14)21-17;18-10-13-3-1-12(2-4-13)5-7-16(20)15-9-14(11-19)6-8-17(15)21;1-6(11)8-4-7(5-10)2-3-9(8)12;1-2;;;;;/h1-8,18-19H,9-10H2;1-9,18-19,21H,10-11H2;2-4,10,12H,5H2,1H3;;;;;;/b;7-5+;;;;;;;. The van der Waals surface area contributed by atoms with E-state index in [1.807, 2.05) is 0 Å². The van der Waals surface area contributed by atoms with Gasteiger partial charge in [-0.05, 0) is 82.8 Å². The first-order valence-corrected chi connectivity index (χ1v) is 23.1. The van der Waals surface area contributed by atoms with Crippen LogP contribution in [0.3, 0.4) is 0 Å². The number of aliphatic hydroxyl groups excluding tert-OH is 5. The fraction of sp³-hybridized carbons (Fsp3) is 0.140. The summed E-state index contributed by atoms with van der Waals surface area (Å²) in [6.07, 6.45) is 3.00. The molecule has 0 saturated carbocycles. The van der Waals surface area contributed by atoms with Crippen molar-refractivity contribution in [3.05, 3.63) is 170 Å². The van der Waals surface area contributed by atoms with Gasteiger partial charge in [0.25, 0.3) is 0 Å². The predicted molar refractivity (Wildman–Crippen MR) is 232 cm³/mol. The van der Waals surface area contributed by atoms with E-state index in [2.05, 4.69) is 37.2 Å². The maximum Gasteiger partial charge on any atom is 0.193 e. The Balaban J connectivity index is -0.000000804. The number of fused-ring (bicyclic) bond motifs is 1. The molecular formula is C43H40I2O11Sg5. The van der Waals surface area contributed by atoms with Gasteiger partial charge in [-0.1, -0.05) is 72.8 Å². The van der Waals surface area contributed by atoms with Gasteiger partial charge >= 0.3 is 0 Å². The topological polar surface area (TPSA) is 206 Å². The van der Waals surface area contributed by atoms with Gasteiger partial charge in [-0.15, -0.1) is 0 Å². The number of carbonyl (C=O) groups is 2. The molecule has 1 aromatic heterocycles. The minimum absolute atomic E-state index is 0. The molecule has 1 heterocycles. The van der Waals surface area contributed by atoms with Gasteiger partial charge in [0.2, 0.25) is 0 Å². The zero-order chi connectivity index (χ0) is 41.2. The molecule has 11 nitrogen and oxygen atoms in total. The summed E-state index contributed by atoms with van der Waals surface area (Å²) in [5.74, 6) is -0.220. The number of Topliss-reactive ketones (excluding diaryl/α,β-unsaturated/α-hetero) is 1. The molecule has 0 bridgehead atoms. The smallest absolute Gasteiger partial charge is 0.193 e. The number of phenols is 2. The van der Waals surface area contributed by atoms with E-state index in [0.29, 0.717) is 33.4 Å². The molecule has 302 valence electrons. The summed E-state index contributed by atoms with van der Waals surface area (Å²) in [7, 11) is 0. The fourth-order valence-electron chi connectivity index (χ4n) is 5.06. The molecule has 0 radical (unpaired) electrons. The first-order valence-electron chi connectivity index (χ1n) is 16.8. The van der Waals surface area contributed by atoms with Gasteiger partial charge in [-0.3, -0.25) is 14.4 Å². The van der Waals surface area contributed by atoms with E-state index in [1.165, 1.54) is 43.3 Å². The van der Waals surface area contributed by atoms with Gasteiger partial charge in [0.05, 0.1) is 49.5 Å². The molecule has 0 saturated heterocycles. The van der Waals surface area contributed by atoms with Crippen molar-refractivity contribution in [2.75, 3.05) is 0 Å². The van der Waals surface area contributed by atoms with Gasteiger partial charge in [0.15, 0.2) is 17.0 Å². The molecule has 0 aliphatic heterocycles. The van der Waals surface area contributed by atoms with Crippen LogP contribution in [0, 0.1) is 0 Å². The Kier molecular flexibility index (Phi) is 24.6. The Morgan fingerprint density at radius 2 is 0.967 bits per heavy atom. The van der Waals surface area contributed by atoms with Gasteiger partial charge < -0.3 is 40.2 Å². The number of hydrogen-bond acceptors (Lipinski definition) is 11. The predicted octanol–water partition coefficient (Wildman–Crippen LogP) is 7.58. The summed E-state index contributed by atoms with van der Waals surface area (Å²) in [6.45, 7) is 0.903. The van der Waals surface area contributed by atoms with Crippen molar-refractivity contribution in [1.29, 1.82) is 0 Å². The molecule has 0 unspecified atom stereocenters. The number of aromatic hydroxyl groups is 2. The summed E-state index contributed by atoms with van der Waals surface area (Å²) in [6, 6.07) is 29.7. The van der Waals surface area contributed by atoms with Crippen molar-refractivity contribution in [2.24, 2.45) is 0 Å². The molecule has 7 N–H and O–H groups in total. The monoisotopic (exact) mass is 2340 g/mol. The Labute approximate surface area is 346 Å². The summed E-state index contributed by atoms with van der Waals surface area (Å²) in [5.41, 5.74) is 5.81. The van der Waals surface area contributed by atoms with Gasteiger partial charge in [-0.25, -0.2) is 0 Å². The largest absolute Gasteiger partial charge is 0.507 e. The second-order valence-electron chi connectivity index (χ2n) is 12.0. The summed E-state index contributed by atoms with van der Waals surface area (Å²) in [4.78, 5) is 35.1. The molecule has 0 amide bonds. The van der Waals surface area contributed by atoms with Crippen molar-refractivity contribution in [3.63, 3.8) is 0 Å². The molecular weight excluding hydrogens is 2290 g/mol. The Hall–Kier alpha value is -9.75. The molecule has 0 aliphatic rings. The van der Waals surface area contributed by atoms with Crippen LogP contribution in [0.25, 0.3) is 28.4 Å². The van der Waals surface area contributed by atoms with Crippen LogP contribution in [0.1, 0.15) is 61.0 Å². The van der Waals surface area contributed by atoms with Gasteiger partial charge in [0, 0.05) is 48.9 Å². The van der Waals surface area contributed by atoms with E-state index in [1.54, 1.807) is 84.9 Å². The number of halogens is 2. The molecule has 0 spiro atoms. The molecule has 18 heteroatoms. The maximum atomic E-state index is 12.2. The second kappa shape index (κ2) is 27.0. The molecule has 0 fully saturated rings. The summed E-state index contributed by atoms with van der Waals surface area (Å²) < 4.78 is 5.76. The summed E-state index contributed by atoms with van der Waals surface area (Å²) in [5, 5.41) is 64.3. The molecule has 5 aromatic carbocycles. The van der Waals surface area contributed by atoms with Crippen molar-refractivity contribution >= 4 is 65.8 Å². The first kappa shape index (κ1) is 55.6. The number of carbonyl (C=O) groups excluding carboxylic acids is 2. The van der Waals surface area contributed by atoms with Crippen LogP contribution in [0.15, 0.2) is 124 Å². The number of hydrogen-bond donors (Lipinski definition) is 7. The average molecular weight is 2330 g/mol. The second-order valence-corrected chi connectivity index (χ2v) is 12.0. The van der Waals surface area contributed by atoms with Crippen molar-refractivity contribution in [3.8, 4) is 22.8 Å². The van der Waals surface area contributed by atoms with E-state index in [4.69, 9.17) is 29.9 Å². The third-order valence-corrected chi connectivity index (χ3v) is 8.12. The Bertz CT molecular complexity index is 2320. The number of allylic oxidation sites excluding steroid dienone is 1. The average Bonchev–Trinajstić information content (AvgIpc) is 3.24. The van der Waals surface area contributed by atoms with Gasteiger partial charge in [-0.2, -0.15) is 0 Å². The van der Waals surface area contributed by atoms with Crippen LogP contribution in [0.4, 0.5) is 0 Å². The van der Waals surface area contributed by atoms with Crippen molar-refractivity contribution < 1.29 is 49.8 Å². The number of aliphatic hydroxyl groups is 5. The molecule has 61 heavy (non-hydrogen) atoms. The van der Waals surface area contributed by atoms with E-state index in [-0.39, 0.29) is 72.7 Å². The van der Waals surface area contributed by atoms with Crippen LogP contribution in [-0.2, 0) is 33.0 Å². The minimum Gasteiger partial charge on any atom is -0.507 e. The summed E-state index contributed by atoms with van der Waals surface area (Å²) >= 11 is 4.24.